The molecule has 1 N–H and O–H groups in total. The van der Waals surface area contributed by atoms with Crippen LogP contribution in [0, 0.1) is 11.6 Å². The van der Waals surface area contributed by atoms with Gasteiger partial charge in [-0.05, 0) is 36.4 Å². The van der Waals surface area contributed by atoms with Crippen LogP contribution in [0.1, 0.15) is 0 Å². The van der Waals surface area contributed by atoms with Crippen molar-refractivity contribution in [1.29, 1.82) is 0 Å². The Balaban J connectivity index is 1.67. The van der Waals surface area contributed by atoms with E-state index in [0.717, 1.165) is 23.9 Å². The summed E-state index contributed by atoms with van der Waals surface area (Å²) in [5.41, 5.74) is 0.884. The zero-order chi connectivity index (χ0) is 22.7. The van der Waals surface area contributed by atoms with Crippen molar-refractivity contribution in [2.75, 3.05) is 18.2 Å². The van der Waals surface area contributed by atoms with Crippen LogP contribution in [0.3, 0.4) is 0 Å². The number of aromatic nitrogens is 2. The van der Waals surface area contributed by atoms with Crippen molar-refractivity contribution in [3.05, 3.63) is 88.7 Å². The lowest BCUT2D eigenvalue weighted by molar-refractivity contribution is -0.113. The molecule has 0 saturated heterocycles. The number of thioether (sulfide) groups is 1. The second-order valence-electron chi connectivity index (χ2n) is 6.72. The van der Waals surface area contributed by atoms with Crippen LogP contribution in [0.25, 0.3) is 16.6 Å². The molecule has 0 fully saturated rings. The van der Waals surface area contributed by atoms with Crippen LogP contribution in [0.2, 0.25) is 0 Å². The molecular weight excluding hydrogens is 436 g/mol. The summed E-state index contributed by atoms with van der Waals surface area (Å²) in [6.07, 6.45) is 0. The topological polar surface area (TPSA) is 73.2 Å². The number of carbonyl (C=O) groups excluding carboxylic acids is 1. The Kier molecular flexibility index (Phi) is 6.18. The molecule has 162 valence electrons. The summed E-state index contributed by atoms with van der Waals surface area (Å²) in [5, 5.41) is 3.25. The molecule has 0 aliphatic carbocycles. The maximum Gasteiger partial charge on any atom is 0.266 e. The molecule has 0 atom stereocenters. The number of hydrogen-bond donors (Lipinski definition) is 1. The number of para-hydroxylation sites is 1. The lowest BCUT2D eigenvalue weighted by atomic mass is 10.2. The highest BCUT2D eigenvalue weighted by atomic mass is 32.2. The summed E-state index contributed by atoms with van der Waals surface area (Å²) < 4.78 is 33.2. The number of methoxy groups -OCH3 is 1. The summed E-state index contributed by atoms with van der Waals surface area (Å²) in [5.74, 6) is -2.05. The van der Waals surface area contributed by atoms with Gasteiger partial charge in [-0.15, -0.1) is 0 Å². The molecule has 0 spiro atoms. The number of anilines is 1. The lowest BCUT2D eigenvalue weighted by Gasteiger charge is -2.14. The largest absolute Gasteiger partial charge is 0.497 e. The van der Waals surface area contributed by atoms with Gasteiger partial charge in [-0.1, -0.05) is 30.0 Å². The Morgan fingerprint density at radius 2 is 1.88 bits per heavy atom. The number of nitrogens with one attached hydrogen (secondary N) is 1. The highest BCUT2D eigenvalue weighted by Gasteiger charge is 2.16. The van der Waals surface area contributed by atoms with Gasteiger partial charge in [-0.2, -0.15) is 0 Å². The van der Waals surface area contributed by atoms with E-state index in [9.17, 15) is 18.4 Å². The summed E-state index contributed by atoms with van der Waals surface area (Å²) in [6, 6.07) is 17.0. The van der Waals surface area contributed by atoms with E-state index in [2.05, 4.69) is 10.3 Å². The van der Waals surface area contributed by atoms with Gasteiger partial charge in [0.25, 0.3) is 5.56 Å². The first-order chi connectivity index (χ1) is 15.5. The number of rotatable bonds is 6. The summed E-state index contributed by atoms with van der Waals surface area (Å²) >= 11 is 1.05. The molecule has 32 heavy (non-hydrogen) atoms. The number of halogens is 2. The van der Waals surface area contributed by atoms with Gasteiger partial charge in [0, 0.05) is 17.8 Å². The number of hydrogen-bond acceptors (Lipinski definition) is 5. The molecule has 0 aliphatic rings. The van der Waals surface area contributed by atoms with Gasteiger partial charge in [-0.3, -0.25) is 14.2 Å². The number of ether oxygens (including phenoxy) is 1. The fraction of sp³-hybridized carbons (Fsp3) is 0.0870. The molecule has 0 saturated carbocycles. The molecule has 1 amide bonds. The molecule has 9 heteroatoms. The van der Waals surface area contributed by atoms with Gasteiger partial charge >= 0.3 is 0 Å². The minimum Gasteiger partial charge on any atom is -0.497 e. The molecule has 6 nitrogen and oxygen atoms in total. The third kappa shape index (κ3) is 4.47. The smallest absolute Gasteiger partial charge is 0.266 e. The van der Waals surface area contributed by atoms with E-state index < -0.39 is 17.5 Å². The molecule has 0 radical (unpaired) electrons. The van der Waals surface area contributed by atoms with Crippen molar-refractivity contribution in [3.63, 3.8) is 0 Å². The van der Waals surface area contributed by atoms with Gasteiger partial charge in [-0.25, -0.2) is 13.8 Å². The summed E-state index contributed by atoms with van der Waals surface area (Å²) in [6.45, 7) is 0. The number of carbonyl (C=O) groups is 1. The van der Waals surface area contributed by atoms with E-state index in [-0.39, 0.29) is 17.0 Å². The van der Waals surface area contributed by atoms with Gasteiger partial charge in [0.2, 0.25) is 5.91 Å². The van der Waals surface area contributed by atoms with Crippen LogP contribution in [0.5, 0.6) is 5.75 Å². The van der Waals surface area contributed by atoms with Gasteiger partial charge < -0.3 is 10.1 Å². The monoisotopic (exact) mass is 453 g/mol. The van der Waals surface area contributed by atoms with Crippen molar-refractivity contribution in [3.8, 4) is 11.4 Å². The number of benzene rings is 3. The maximum atomic E-state index is 13.4. The highest BCUT2D eigenvalue weighted by molar-refractivity contribution is 7.99. The normalized spacial score (nSPS) is 10.8. The van der Waals surface area contributed by atoms with Gasteiger partial charge in [0.05, 0.1) is 29.5 Å². The number of nitrogens with zero attached hydrogens (tertiary/aromatic N) is 2. The minimum atomic E-state index is -1.06. The van der Waals surface area contributed by atoms with E-state index in [1.807, 2.05) is 0 Å². The zero-order valence-corrected chi connectivity index (χ0v) is 17.7. The fourth-order valence-corrected chi connectivity index (χ4v) is 3.90. The first-order valence-electron chi connectivity index (χ1n) is 9.50. The molecule has 0 aliphatic heterocycles. The van der Waals surface area contributed by atoms with Crippen LogP contribution < -0.4 is 15.6 Å². The maximum absolute atomic E-state index is 13.4. The SMILES string of the molecule is COc1cccc(-n2c(SCC(=O)Nc3ccc(F)c(F)c3)nc3ccccc3c2=O)c1. The Labute approximate surface area is 185 Å². The molecule has 1 heterocycles. The third-order valence-corrected chi connectivity index (χ3v) is 5.53. The molecule has 4 aromatic rings. The fourth-order valence-electron chi connectivity index (χ4n) is 3.09. The van der Waals surface area contributed by atoms with Gasteiger partial charge in [0.15, 0.2) is 16.8 Å². The Morgan fingerprint density at radius 1 is 1.06 bits per heavy atom. The van der Waals surface area contributed by atoms with Crippen molar-refractivity contribution in [2.24, 2.45) is 0 Å². The Hall–Kier alpha value is -3.72. The second kappa shape index (κ2) is 9.19. The summed E-state index contributed by atoms with van der Waals surface area (Å²) in [4.78, 5) is 30.2. The quantitative estimate of drug-likeness (QED) is 0.346. The van der Waals surface area contributed by atoms with Gasteiger partial charge in [0.1, 0.15) is 5.75 Å². The van der Waals surface area contributed by atoms with Crippen LogP contribution in [-0.4, -0.2) is 28.3 Å². The van der Waals surface area contributed by atoms with E-state index in [1.54, 1.807) is 48.5 Å². The van der Waals surface area contributed by atoms with Crippen molar-refractivity contribution >= 4 is 34.3 Å². The number of amides is 1. The molecule has 4 rings (SSSR count). The Bertz CT molecular complexity index is 1370. The Morgan fingerprint density at radius 3 is 2.66 bits per heavy atom. The molecule has 0 bridgehead atoms. The standard InChI is InChI=1S/C23H17F2N3O3S/c1-31-16-6-4-5-15(12-16)28-22(30)17-7-2-3-8-20(17)27-23(28)32-13-21(29)26-14-9-10-18(24)19(25)11-14/h2-12H,13H2,1H3,(H,26,29). The molecule has 3 aromatic carbocycles. The minimum absolute atomic E-state index is 0.103. The van der Waals surface area contributed by atoms with Crippen molar-refractivity contribution in [2.45, 2.75) is 5.16 Å². The van der Waals surface area contributed by atoms with E-state index in [0.29, 0.717) is 27.5 Å². The van der Waals surface area contributed by atoms with Crippen LogP contribution in [-0.2, 0) is 4.79 Å². The predicted molar refractivity (Wildman–Crippen MR) is 120 cm³/mol. The molecular formula is C23H17F2N3O3S. The average Bonchev–Trinajstić information content (AvgIpc) is 2.80. The van der Waals surface area contributed by atoms with Crippen LogP contribution in [0.15, 0.2) is 76.7 Å². The second-order valence-corrected chi connectivity index (χ2v) is 7.66. The van der Waals surface area contributed by atoms with E-state index in [4.69, 9.17) is 4.74 Å². The zero-order valence-electron chi connectivity index (χ0n) is 16.8. The lowest BCUT2D eigenvalue weighted by Crippen LogP contribution is -2.23. The first-order valence-corrected chi connectivity index (χ1v) is 10.5. The highest BCUT2D eigenvalue weighted by Crippen LogP contribution is 2.24. The van der Waals surface area contributed by atoms with Crippen LogP contribution >= 0.6 is 11.8 Å². The molecule has 1 aromatic heterocycles. The first kappa shape index (κ1) is 21.5. The van der Waals surface area contributed by atoms with Crippen molar-refractivity contribution < 1.29 is 18.3 Å². The number of fused-ring (bicyclic) bond motifs is 1. The van der Waals surface area contributed by atoms with E-state index in [1.165, 1.54) is 17.7 Å². The van der Waals surface area contributed by atoms with Crippen LogP contribution in [0.4, 0.5) is 14.5 Å². The summed E-state index contributed by atoms with van der Waals surface area (Å²) in [7, 11) is 1.53. The average molecular weight is 453 g/mol. The third-order valence-electron chi connectivity index (χ3n) is 4.59. The van der Waals surface area contributed by atoms with Crippen molar-refractivity contribution in [1.82, 2.24) is 9.55 Å². The van der Waals surface area contributed by atoms with E-state index >= 15 is 0 Å². The predicted octanol–water partition coefficient (Wildman–Crippen LogP) is 4.40. The molecule has 0 unspecified atom stereocenters.